The second-order valence-electron chi connectivity index (χ2n) is 4.63. The third kappa shape index (κ3) is 2.71. The summed E-state index contributed by atoms with van der Waals surface area (Å²) in [7, 11) is 0. The van der Waals surface area contributed by atoms with Gasteiger partial charge in [0.15, 0.2) is 0 Å². The van der Waals surface area contributed by atoms with Crippen molar-refractivity contribution in [3.63, 3.8) is 0 Å². The number of hydrogen-bond acceptors (Lipinski definition) is 5. The van der Waals surface area contributed by atoms with E-state index in [1.807, 2.05) is 0 Å². The van der Waals surface area contributed by atoms with Crippen molar-refractivity contribution in [3.8, 4) is 5.19 Å². The van der Waals surface area contributed by atoms with Crippen molar-refractivity contribution in [3.05, 3.63) is 5.01 Å². The zero-order chi connectivity index (χ0) is 11.5. The van der Waals surface area contributed by atoms with Gasteiger partial charge in [0.1, 0.15) is 11.1 Å². The Bertz CT molecular complexity index is 342. The molecule has 0 spiro atoms. The number of aliphatic hydroxyl groups excluding tert-OH is 1. The molecule has 0 radical (unpaired) electrons. The Labute approximate surface area is 99.7 Å². The minimum atomic E-state index is -0.0564. The summed E-state index contributed by atoms with van der Waals surface area (Å²) in [6.45, 7) is 4.52. The van der Waals surface area contributed by atoms with Gasteiger partial charge in [-0.05, 0) is 31.1 Å². The van der Waals surface area contributed by atoms with Crippen LogP contribution in [0.5, 0.6) is 5.19 Å². The summed E-state index contributed by atoms with van der Waals surface area (Å²) >= 11 is 1.33. The number of nitrogens with zero attached hydrogens (tertiary/aromatic N) is 2. The van der Waals surface area contributed by atoms with Crippen molar-refractivity contribution in [2.45, 2.75) is 45.8 Å². The summed E-state index contributed by atoms with van der Waals surface area (Å²) in [5.74, 6) is 1.51. The smallest absolute Gasteiger partial charge is 0.294 e. The van der Waals surface area contributed by atoms with Crippen LogP contribution in [0, 0.1) is 11.8 Å². The molecule has 1 fully saturated rings. The monoisotopic (exact) mass is 242 g/mol. The van der Waals surface area contributed by atoms with Gasteiger partial charge in [-0.3, -0.25) is 0 Å². The highest BCUT2D eigenvalue weighted by molar-refractivity contribution is 7.13. The van der Waals surface area contributed by atoms with Crippen molar-refractivity contribution >= 4 is 11.3 Å². The molecule has 1 aliphatic rings. The van der Waals surface area contributed by atoms with Crippen molar-refractivity contribution in [2.75, 3.05) is 0 Å². The standard InChI is InChI=1S/C11H18N2O2S/c1-7-3-4-9(5-8(7)2)15-11-13-12-10(6-14)16-11/h7-9,14H,3-6H2,1-2H3. The predicted molar refractivity (Wildman–Crippen MR) is 62.4 cm³/mol. The molecule has 0 amide bonds. The summed E-state index contributed by atoms with van der Waals surface area (Å²) in [5.41, 5.74) is 0. The molecule has 0 aliphatic heterocycles. The number of hydrogen-bond donors (Lipinski definition) is 1. The molecule has 1 aliphatic carbocycles. The van der Waals surface area contributed by atoms with E-state index in [2.05, 4.69) is 24.0 Å². The molecular formula is C11H18N2O2S. The first-order valence-corrected chi connectivity index (χ1v) is 6.60. The van der Waals surface area contributed by atoms with Gasteiger partial charge in [-0.25, -0.2) is 0 Å². The zero-order valence-corrected chi connectivity index (χ0v) is 10.5. The third-order valence-corrected chi connectivity index (χ3v) is 4.20. The van der Waals surface area contributed by atoms with Crippen molar-refractivity contribution in [1.82, 2.24) is 10.2 Å². The van der Waals surface area contributed by atoms with Crippen LogP contribution in [0.15, 0.2) is 0 Å². The first-order valence-electron chi connectivity index (χ1n) is 5.79. The van der Waals surface area contributed by atoms with Gasteiger partial charge in [0.05, 0.1) is 6.61 Å². The minimum absolute atomic E-state index is 0.0564. The Morgan fingerprint density at radius 2 is 2.12 bits per heavy atom. The summed E-state index contributed by atoms with van der Waals surface area (Å²) in [6, 6.07) is 0. The van der Waals surface area contributed by atoms with E-state index in [1.165, 1.54) is 17.8 Å². The van der Waals surface area contributed by atoms with Crippen LogP contribution < -0.4 is 4.74 Å². The highest BCUT2D eigenvalue weighted by Gasteiger charge is 2.26. The Hall–Kier alpha value is -0.680. The molecule has 0 saturated heterocycles. The first-order chi connectivity index (χ1) is 7.69. The Morgan fingerprint density at radius 3 is 2.75 bits per heavy atom. The molecule has 1 aromatic rings. The molecule has 5 heteroatoms. The summed E-state index contributed by atoms with van der Waals surface area (Å²) in [6.07, 6.45) is 3.68. The van der Waals surface area contributed by atoms with Crippen molar-refractivity contribution < 1.29 is 9.84 Å². The van der Waals surface area contributed by atoms with E-state index in [0.717, 1.165) is 18.8 Å². The highest BCUT2D eigenvalue weighted by Crippen LogP contribution is 2.32. The summed E-state index contributed by atoms with van der Waals surface area (Å²) in [5, 5.41) is 17.8. The lowest BCUT2D eigenvalue weighted by Crippen LogP contribution is -2.28. The van der Waals surface area contributed by atoms with Crippen LogP contribution in [-0.4, -0.2) is 21.4 Å². The van der Waals surface area contributed by atoms with Gasteiger partial charge in [0, 0.05) is 0 Å². The molecule has 3 atom stereocenters. The van der Waals surface area contributed by atoms with E-state index < -0.39 is 0 Å². The lowest BCUT2D eigenvalue weighted by atomic mass is 9.80. The molecule has 16 heavy (non-hydrogen) atoms. The van der Waals surface area contributed by atoms with Crippen LogP contribution in [0.25, 0.3) is 0 Å². The van der Waals surface area contributed by atoms with Gasteiger partial charge < -0.3 is 9.84 Å². The fourth-order valence-corrected chi connectivity index (χ4v) is 2.71. The Morgan fingerprint density at radius 1 is 1.31 bits per heavy atom. The molecule has 4 nitrogen and oxygen atoms in total. The molecule has 2 rings (SSSR count). The van der Waals surface area contributed by atoms with Crippen LogP contribution in [0.2, 0.25) is 0 Å². The first kappa shape index (κ1) is 11.8. The second-order valence-corrected chi connectivity index (χ2v) is 5.65. The molecule has 1 N–H and O–H groups in total. The Kier molecular flexibility index (Phi) is 3.76. The van der Waals surface area contributed by atoms with Gasteiger partial charge in [-0.1, -0.05) is 30.3 Å². The maximum Gasteiger partial charge on any atom is 0.294 e. The van der Waals surface area contributed by atoms with Crippen molar-refractivity contribution in [1.29, 1.82) is 0 Å². The average molecular weight is 242 g/mol. The maximum atomic E-state index is 8.89. The van der Waals surface area contributed by atoms with E-state index in [1.54, 1.807) is 0 Å². The molecule has 1 heterocycles. The molecule has 0 aromatic carbocycles. The van der Waals surface area contributed by atoms with Crippen LogP contribution in [-0.2, 0) is 6.61 Å². The topological polar surface area (TPSA) is 55.2 Å². The number of ether oxygens (including phenoxy) is 1. The average Bonchev–Trinajstić information content (AvgIpc) is 2.71. The molecule has 1 saturated carbocycles. The number of aromatic nitrogens is 2. The molecule has 1 aromatic heterocycles. The van der Waals surface area contributed by atoms with Crippen LogP contribution in [0.1, 0.15) is 38.1 Å². The van der Waals surface area contributed by atoms with Crippen LogP contribution in [0.4, 0.5) is 0 Å². The quantitative estimate of drug-likeness (QED) is 0.883. The summed E-state index contributed by atoms with van der Waals surface area (Å²) < 4.78 is 5.79. The van der Waals surface area contributed by atoms with E-state index in [4.69, 9.17) is 9.84 Å². The summed E-state index contributed by atoms with van der Waals surface area (Å²) in [4.78, 5) is 0. The molecule has 0 bridgehead atoms. The molecule has 90 valence electrons. The fraction of sp³-hybridized carbons (Fsp3) is 0.818. The normalized spacial score (nSPS) is 30.3. The van der Waals surface area contributed by atoms with Crippen molar-refractivity contribution in [2.24, 2.45) is 11.8 Å². The lowest BCUT2D eigenvalue weighted by molar-refractivity contribution is 0.0996. The number of aliphatic hydroxyl groups is 1. The van der Waals surface area contributed by atoms with E-state index in [0.29, 0.717) is 16.1 Å². The van der Waals surface area contributed by atoms with Gasteiger partial charge >= 0.3 is 0 Å². The SMILES string of the molecule is CC1CCC(Oc2nnc(CO)s2)CC1C. The zero-order valence-electron chi connectivity index (χ0n) is 9.72. The predicted octanol–water partition coefficient (Wildman–Crippen LogP) is 2.23. The maximum absolute atomic E-state index is 8.89. The minimum Gasteiger partial charge on any atom is -0.466 e. The van der Waals surface area contributed by atoms with Crippen LogP contribution in [0.3, 0.4) is 0 Å². The largest absolute Gasteiger partial charge is 0.466 e. The van der Waals surface area contributed by atoms with Gasteiger partial charge in [-0.15, -0.1) is 5.10 Å². The van der Waals surface area contributed by atoms with Gasteiger partial charge in [0.25, 0.3) is 5.19 Å². The van der Waals surface area contributed by atoms with E-state index >= 15 is 0 Å². The number of rotatable bonds is 3. The highest BCUT2D eigenvalue weighted by atomic mass is 32.1. The van der Waals surface area contributed by atoms with E-state index in [9.17, 15) is 0 Å². The third-order valence-electron chi connectivity index (χ3n) is 3.40. The lowest BCUT2D eigenvalue weighted by Gasteiger charge is -2.31. The second kappa shape index (κ2) is 5.10. The molecular weight excluding hydrogens is 224 g/mol. The van der Waals surface area contributed by atoms with Gasteiger partial charge in [0.2, 0.25) is 0 Å². The Balaban J connectivity index is 1.90. The van der Waals surface area contributed by atoms with Crippen LogP contribution >= 0.6 is 11.3 Å². The fourth-order valence-electron chi connectivity index (χ4n) is 2.10. The van der Waals surface area contributed by atoms with Gasteiger partial charge in [-0.2, -0.15) is 0 Å². The molecule has 3 unspecified atom stereocenters. The van der Waals surface area contributed by atoms with E-state index in [-0.39, 0.29) is 12.7 Å².